The van der Waals surface area contributed by atoms with Crippen LogP contribution in [0, 0.1) is 20.8 Å². The van der Waals surface area contributed by atoms with Gasteiger partial charge < -0.3 is 5.32 Å². The highest BCUT2D eigenvalue weighted by Gasteiger charge is 2.16. The van der Waals surface area contributed by atoms with Crippen LogP contribution in [0.25, 0.3) is 0 Å². The average Bonchev–Trinajstić information content (AvgIpc) is 2.72. The lowest BCUT2D eigenvalue weighted by atomic mass is 10.1. The molecule has 0 fully saturated rings. The Morgan fingerprint density at radius 3 is 2.50 bits per heavy atom. The molecule has 0 bridgehead atoms. The molecular formula is C15H23N5. The zero-order valence-corrected chi connectivity index (χ0v) is 12.9. The second kappa shape index (κ2) is 6.13. The van der Waals surface area contributed by atoms with E-state index in [4.69, 9.17) is 0 Å². The summed E-state index contributed by atoms with van der Waals surface area (Å²) in [7, 11) is 0. The smallest absolute Gasteiger partial charge is 0.0724 e. The molecule has 1 N–H and O–H groups in total. The lowest BCUT2D eigenvalue weighted by molar-refractivity contribution is 0.559. The van der Waals surface area contributed by atoms with Gasteiger partial charge in [-0.15, -0.1) is 0 Å². The zero-order chi connectivity index (χ0) is 14.7. The van der Waals surface area contributed by atoms with Crippen LogP contribution in [-0.2, 0) is 13.1 Å². The zero-order valence-electron chi connectivity index (χ0n) is 12.9. The largest absolute Gasteiger partial charge is 0.304 e. The Bertz CT molecular complexity index is 571. The molecule has 0 spiro atoms. The van der Waals surface area contributed by atoms with E-state index in [0.29, 0.717) is 6.54 Å². The molecule has 20 heavy (non-hydrogen) atoms. The molecule has 5 nitrogen and oxygen atoms in total. The maximum Gasteiger partial charge on any atom is 0.0724 e. The van der Waals surface area contributed by atoms with Crippen LogP contribution in [0.3, 0.4) is 0 Å². The van der Waals surface area contributed by atoms with Crippen molar-refractivity contribution in [3.63, 3.8) is 0 Å². The van der Waals surface area contributed by atoms with Crippen LogP contribution in [0.2, 0.25) is 0 Å². The lowest BCUT2D eigenvalue weighted by Gasteiger charge is -2.14. The van der Waals surface area contributed by atoms with Gasteiger partial charge in [0, 0.05) is 42.8 Å². The number of nitrogens with zero attached hydrogens (tertiary/aromatic N) is 4. The van der Waals surface area contributed by atoms with Crippen molar-refractivity contribution < 1.29 is 0 Å². The summed E-state index contributed by atoms with van der Waals surface area (Å²) in [6.07, 6.45) is 3.62. The van der Waals surface area contributed by atoms with Crippen LogP contribution in [-0.4, -0.2) is 19.7 Å². The van der Waals surface area contributed by atoms with E-state index in [1.54, 1.807) is 6.20 Å². The third kappa shape index (κ3) is 3.04. The van der Waals surface area contributed by atoms with E-state index in [2.05, 4.69) is 52.8 Å². The lowest BCUT2D eigenvalue weighted by Crippen LogP contribution is -2.20. The van der Waals surface area contributed by atoms with Crippen molar-refractivity contribution in [2.45, 2.75) is 53.8 Å². The monoisotopic (exact) mass is 273 g/mol. The molecule has 0 amide bonds. The fourth-order valence-electron chi connectivity index (χ4n) is 2.52. The number of hydrogen-bond donors (Lipinski definition) is 1. The molecule has 0 aromatic carbocycles. The molecule has 2 aromatic rings. The maximum absolute atomic E-state index is 4.57. The minimum Gasteiger partial charge on any atom is -0.304 e. The number of nitrogens with one attached hydrogen (secondary N) is 1. The second-order valence-electron chi connectivity index (χ2n) is 5.15. The van der Waals surface area contributed by atoms with Gasteiger partial charge in [0.2, 0.25) is 0 Å². The maximum atomic E-state index is 4.57. The fourth-order valence-corrected chi connectivity index (χ4v) is 2.52. The van der Waals surface area contributed by atoms with Crippen molar-refractivity contribution in [2.24, 2.45) is 0 Å². The summed E-state index contributed by atoms with van der Waals surface area (Å²) in [4.78, 5) is 8.63. The number of hydrogen-bond acceptors (Lipinski definition) is 4. The first-order valence-corrected chi connectivity index (χ1v) is 7.07. The molecule has 1 unspecified atom stereocenters. The molecule has 0 aliphatic carbocycles. The predicted molar refractivity (Wildman–Crippen MR) is 79.4 cm³/mol. The third-order valence-electron chi connectivity index (χ3n) is 3.59. The van der Waals surface area contributed by atoms with E-state index in [1.807, 2.05) is 13.1 Å². The van der Waals surface area contributed by atoms with E-state index < -0.39 is 0 Å². The van der Waals surface area contributed by atoms with Crippen molar-refractivity contribution in [3.8, 4) is 0 Å². The highest BCUT2D eigenvalue weighted by atomic mass is 15.3. The van der Waals surface area contributed by atoms with Crippen molar-refractivity contribution >= 4 is 0 Å². The van der Waals surface area contributed by atoms with Gasteiger partial charge in [0.25, 0.3) is 0 Å². The van der Waals surface area contributed by atoms with Crippen LogP contribution >= 0.6 is 0 Å². The van der Waals surface area contributed by atoms with Gasteiger partial charge in [0.05, 0.1) is 17.1 Å². The van der Waals surface area contributed by atoms with Gasteiger partial charge in [-0.3, -0.25) is 14.6 Å². The third-order valence-corrected chi connectivity index (χ3v) is 3.59. The van der Waals surface area contributed by atoms with Crippen LogP contribution in [0.4, 0.5) is 0 Å². The molecule has 0 aliphatic heterocycles. The highest BCUT2D eigenvalue weighted by Crippen LogP contribution is 2.21. The Labute approximate surface area is 120 Å². The van der Waals surface area contributed by atoms with Gasteiger partial charge >= 0.3 is 0 Å². The SMILES string of the molecule is CCn1nc(C)c(C(C)NCc2cnc(C)cn2)c1C. The van der Waals surface area contributed by atoms with E-state index in [-0.39, 0.29) is 6.04 Å². The van der Waals surface area contributed by atoms with Crippen molar-refractivity contribution in [1.29, 1.82) is 0 Å². The molecule has 108 valence electrons. The van der Waals surface area contributed by atoms with Crippen LogP contribution in [0.1, 0.15) is 48.2 Å². The Kier molecular flexibility index (Phi) is 4.49. The molecule has 2 rings (SSSR count). The van der Waals surface area contributed by atoms with Crippen molar-refractivity contribution in [2.75, 3.05) is 0 Å². The summed E-state index contributed by atoms with van der Waals surface area (Å²) in [5.41, 5.74) is 5.52. The second-order valence-corrected chi connectivity index (χ2v) is 5.15. The number of aryl methyl sites for hydroxylation is 3. The molecule has 2 aromatic heterocycles. The molecule has 1 atom stereocenters. The summed E-state index contributed by atoms with van der Waals surface area (Å²) in [5.74, 6) is 0. The molecule has 0 saturated heterocycles. The molecule has 5 heteroatoms. The first-order chi connectivity index (χ1) is 9.52. The van der Waals surface area contributed by atoms with E-state index in [0.717, 1.165) is 23.6 Å². The molecule has 0 aliphatic rings. The molecule has 0 radical (unpaired) electrons. The minimum atomic E-state index is 0.249. The number of rotatable bonds is 5. The molecular weight excluding hydrogens is 250 g/mol. The van der Waals surface area contributed by atoms with Gasteiger partial charge in [-0.2, -0.15) is 5.10 Å². The molecule has 0 saturated carbocycles. The van der Waals surface area contributed by atoms with E-state index >= 15 is 0 Å². The van der Waals surface area contributed by atoms with Crippen molar-refractivity contribution in [3.05, 3.63) is 40.7 Å². The quantitative estimate of drug-likeness (QED) is 0.909. The van der Waals surface area contributed by atoms with Gasteiger partial charge in [0.15, 0.2) is 0 Å². The summed E-state index contributed by atoms with van der Waals surface area (Å²) in [6, 6.07) is 0.249. The standard InChI is InChI=1S/C15H23N5/c1-6-20-13(5)15(12(4)19-20)11(3)17-9-14-8-16-10(2)7-18-14/h7-8,11,17H,6,9H2,1-5H3. The summed E-state index contributed by atoms with van der Waals surface area (Å²) in [5, 5.41) is 8.06. The van der Waals surface area contributed by atoms with Gasteiger partial charge in [-0.25, -0.2) is 0 Å². The van der Waals surface area contributed by atoms with Gasteiger partial charge in [-0.05, 0) is 34.6 Å². The Morgan fingerprint density at radius 2 is 1.95 bits per heavy atom. The van der Waals surface area contributed by atoms with Gasteiger partial charge in [0.1, 0.15) is 0 Å². The normalized spacial score (nSPS) is 12.7. The summed E-state index contributed by atoms with van der Waals surface area (Å²) >= 11 is 0. The van der Waals surface area contributed by atoms with E-state index in [1.165, 1.54) is 11.3 Å². The molecule has 2 heterocycles. The first-order valence-electron chi connectivity index (χ1n) is 7.07. The van der Waals surface area contributed by atoms with Crippen LogP contribution < -0.4 is 5.32 Å². The highest BCUT2D eigenvalue weighted by molar-refractivity contribution is 5.27. The summed E-state index contributed by atoms with van der Waals surface area (Å²) < 4.78 is 2.05. The van der Waals surface area contributed by atoms with Crippen molar-refractivity contribution in [1.82, 2.24) is 25.1 Å². The van der Waals surface area contributed by atoms with Gasteiger partial charge in [-0.1, -0.05) is 0 Å². The Morgan fingerprint density at radius 1 is 1.20 bits per heavy atom. The topological polar surface area (TPSA) is 55.6 Å². The van der Waals surface area contributed by atoms with E-state index in [9.17, 15) is 0 Å². The first kappa shape index (κ1) is 14.7. The van der Waals surface area contributed by atoms with Crippen LogP contribution in [0.5, 0.6) is 0 Å². The van der Waals surface area contributed by atoms with Crippen LogP contribution in [0.15, 0.2) is 12.4 Å². The number of aromatic nitrogens is 4. The Balaban J connectivity index is 2.07. The fraction of sp³-hybridized carbons (Fsp3) is 0.533. The predicted octanol–water partition coefficient (Wildman–Crippen LogP) is 2.47. The minimum absolute atomic E-state index is 0.249. The summed E-state index contributed by atoms with van der Waals surface area (Å²) in [6.45, 7) is 12.0. The average molecular weight is 273 g/mol. The Hall–Kier alpha value is -1.75.